The molecular weight excluding hydrogens is 180 g/mol. The predicted octanol–water partition coefficient (Wildman–Crippen LogP) is 1.23. The van der Waals surface area contributed by atoms with Gasteiger partial charge in [0, 0.05) is 12.1 Å². The minimum Gasteiger partial charge on any atom is -0.364 e. The smallest absolute Gasteiger partial charge is 0.137 e. The molecule has 1 unspecified atom stereocenters. The number of aromatic nitrogens is 1. The third-order valence-electron chi connectivity index (χ3n) is 2.69. The van der Waals surface area contributed by atoms with Gasteiger partial charge in [0.05, 0.1) is 12.2 Å². The van der Waals surface area contributed by atoms with Crippen molar-refractivity contribution < 1.29 is 9.32 Å². The lowest BCUT2D eigenvalue weighted by Crippen LogP contribution is -2.39. The zero-order valence-corrected chi connectivity index (χ0v) is 8.06. The average Bonchev–Trinajstić information content (AvgIpc) is 2.71. The molecule has 0 aromatic carbocycles. The van der Waals surface area contributed by atoms with Crippen LogP contribution >= 0.6 is 0 Å². The summed E-state index contributed by atoms with van der Waals surface area (Å²) in [5, 5.41) is 3.65. The molecule has 0 aliphatic carbocycles. The van der Waals surface area contributed by atoms with Crippen molar-refractivity contribution in [2.24, 2.45) is 0 Å². The second kappa shape index (κ2) is 4.37. The predicted molar refractivity (Wildman–Crippen MR) is 50.6 cm³/mol. The van der Waals surface area contributed by atoms with E-state index in [1.165, 1.54) is 6.42 Å². The van der Waals surface area contributed by atoms with Crippen LogP contribution in [0.15, 0.2) is 17.0 Å². The van der Waals surface area contributed by atoms with Crippen LogP contribution in [0.5, 0.6) is 0 Å². The molecule has 0 N–H and O–H groups in total. The Bertz CT molecular complexity index is 284. The molecule has 1 fully saturated rings. The first-order chi connectivity index (χ1) is 6.90. The molecule has 2 heterocycles. The van der Waals surface area contributed by atoms with Crippen molar-refractivity contribution in [2.75, 3.05) is 6.54 Å². The van der Waals surface area contributed by atoms with Gasteiger partial charge in [-0.1, -0.05) is 11.6 Å². The summed E-state index contributed by atoms with van der Waals surface area (Å²) in [6.45, 7) is 1.77. The molecular formula is C10H14N2O2. The second-order valence-corrected chi connectivity index (χ2v) is 3.70. The van der Waals surface area contributed by atoms with Gasteiger partial charge in [-0.2, -0.15) is 0 Å². The molecule has 14 heavy (non-hydrogen) atoms. The van der Waals surface area contributed by atoms with Crippen LogP contribution < -0.4 is 0 Å². The summed E-state index contributed by atoms with van der Waals surface area (Å²) in [4.78, 5) is 13.0. The molecule has 0 amide bonds. The van der Waals surface area contributed by atoms with Crippen LogP contribution in [-0.2, 0) is 11.3 Å². The molecule has 0 bridgehead atoms. The molecule has 0 spiro atoms. The van der Waals surface area contributed by atoms with Gasteiger partial charge in [0.25, 0.3) is 0 Å². The fourth-order valence-electron chi connectivity index (χ4n) is 1.91. The zero-order chi connectivity index (χ0) is 9.80. The molecule has 4 nitrogen and oxygen atoms in total. The summed E-state index contributed by atoms with van der Waals surface area (Å²) in [6.07, 6.45) is 7.70. The molecule has 76 valence electrons. The summed E-state index contributed by atoms with van der Waals surface area (Å²) in [7, 11) is 0. The molecule has 1 aromatic rings. The summed E-state index contributed by atoms with van der Waals surface area (Å²) in [5.74, 6) is 0. The van der Waals surface area contributed by atoms with E-state index in [-0.39, 0.29) is 6.04 Å². The standard InChI is InChI=1S/C10H14N2O2/c13-7-10-3-1-2-4-12(10)6-9-5-11-14-8-9/h5,7-8,10H,1-4,6H2. The Morgan fingerprint density at radius 2 is 2.57 bits per heavy atom. The summed E-state index contributed by atoms with van der Waals surface area (Å²) < 4.78 is 4.76. The van der Waals surface area contributed by atoms with Crippen molar-refractivity contribution in [3.8, 4) is 0 Å². The number of carbonyl (C=O) groups excluding carboxylic acids is 1. The van der Waals surface area contributed by atoms with E-state index in [1.807, 2.05) is 0 Å². The molecule has 1 atom stereocenters. The fraction of sp³-hybridized carbons (Fsp3) is 0.600. The van der Waals surface area contributed by atoms with Gasteiger partial charge in [-0.05, 0) is 19.4 Å². The Morgan fingerprint density at radius 1 is 1.64 bits per heavy atom. The fourth-order valence-corrected chi connectivity index (χ4v) is 1.91. The molecule has 1 aliphatic heterocycles. The lowest BCUT2D eigenvalue weighted by Gasteiger charge is -2.31. The SMILES string of the molecule is O=CC1CCCCN1Cc1cnoc1. The zero-order valence-electron chi connectivity index (χ0n) is 8.06. The number of aldehydes is 1. The number of piperidine rings is 1. The normalized spacial score (nSPS) is 23.6. The number of likely N-dealkylation sites (tertiary alicyclic amines) is 1. The second-order valence-electron chi connectivity index (χ2n) is 3.70. The van der Waals surface area contributed by atoms with E-state index in [0.29, 0.717) is 0 Å². The lowest BCUT2D eigenvalue weighted by atomic mass is 10.0. The first-order valence-electron chi connectivity index (χ1n) is 4.98. The van der Waals surface area contributed by atoms with Crippen molar-refractivity contribution in [1.82, 2.24) is 10.1 Å². The Morgan fingerprint density at radius 3 is 3.29 bits per heavy atom. The third kappa shape index (κ3) is 2.01. The number of rotatable bonds is 3. The quantitative estimate of drug-likeness (QED) is 0.679. The van der Waals surface area contributed by atoms with Crippen molar-refractivity contribution in [3.63, 3.8) is 0 Å². The molecule has 1 aromatic heterocycles. The van der Waals surface area contributed by atoms with Gasteiger partial charge < -0.3 is 9.32 Å². The van der Waals surface area contributed by atoms with Gasteiger partial charge in [-0.3, -0.25) is 4.90 Å². The van der Waals surface area contributed by atoms with Crippen molar-refractivity contribution in [2.45, 2.75) is 31.8 Å². The third-order valence-corrected chi connectivity index (χ3v) is 2.69. The van der Waals surface area contributed by atoms with Crippen LogP contribution in [0.2, 0.25) is 0 Å². The average molecular weight is 194 g/mol. The van der Waals surface area contributed by atoms with E-state index in [2.05, 4.69) is 10.1 Å². The van der Waals surface area contributed by atoms with E-state index < -0.39 is 0 Å². The van der Waals surface area contributed by atoms with Gasteiger partial charge in [-0.15, -0.1) is 0 Å². The molecule has 1 aliphatic rings. The van der Waals surface area contributed by atoms with Crippen LogP contribution in [0, 0.1) is 0 Å². The molecule has 0 saturated carbocycles. The minimum atomic E-state index is 0.0821. The number of carbonyl (C=O) groups is 1. The lowest BCUT2D eigenvalue weighted by molar-refractivity contribution is -0.113. The first kappa shape index (κ1) is 9.40. The van der Waals surface area contributed by atoms with Crippen LogP contribution in [0.3, 0.4) is 0 Å². The Labute approximate surface area is 82.9 Å². The summed E-state index contributed by atoms with van der Waals surface area (Å²) in [5.41, 5.74) is 1.04. The monoisotopic (exact) mass is 194 g/mol. The van der Waals surface area contributed by atoms with E-state index in [1.54, 1.807) is 12.5 Å². The maximum atomic E-state index is 10.8. The Hall–Kier alpha value is -1.16. The van der Waals surface area contributed by atoms with E-state index >= 15 is 0 Å². The van der Waals surface area contributed by atoms with Gasteiger partial charge in [0.1, 0.15) is 12.5 Å². The number of hydrogen-bond acceptors (Lipinski definition) is 4. The van der Waals surface area contributed by atoms with Crippen molar-refractivity contribution in [3.05, 3.63) is 18.0 Å². The summed E-state index contributed by atoms with van der Waals surface area (Å²) >= 11 is 0. The number of hydrogen-bond donors (Lipinski definition) is 0. The van der Waals surface area contributed by atoms with Gasteiger partial charge in [0.2, 0.25) is 0 Å². The largest absolute Gasteiger partial charge is 0.364 e. The van der Waals surface area contributed by atoms with Gasteiger partial charge in [-0.25, -0.2) is 0 Å². The molecule has 4 heteroatoms. The van der Waals surface area contributed by atoms with Gasteiger partial charge in [0.15, 0.2) is 0 Å². The van der Waals surface area contributed by atoms with Crippen LogP contribution in [0.1, 0.15) is 24.8 Å². The van der Waals surface area contributed by atoms with Crippen LogP contribution in [-0.4, -0.2) is 28.9 Å². The molecule has 1 saturated heterocycles. The number of nitrogens with zero attached hydrogens (tertiary/aromatic N) is 2. The molecule has 0 radical (unpaired) electrons. The highest BCUT2D eigenvalue weighted by Gasteiger charge is 2.21. The highest BCUT2D eigenvalue weighted by Crippen LogP contribution is 2.17. The van der Waals surface area contributed by atoms with Gasteiger partial charge >= 0.3 is 0 Å². The first-order valence-corrected chi connectivity index (χ1v) is 4.98. The van der Waals surface area contributed by atoms with Crippen LogP contribution in [0.4, 0.5) is 0 Å². The highest BCUT2D eigenvalue weighted by atomic mass is 16.5. The summed E-state index contributed by atoms with van der Waals surface area (Å²) in [6, 6.07) is 0.0821. The highest BCUT2D eigenvalue weighted by molar-refractivity contribution is 5.57. The topological polar surface area (TPSA) is 46.3 Å². The maximum absolute atomic E-state index is 10.8. The Balaban J connectivity index is 1.98. The van der Waals surface area contributed by atoms with E-state index in [0.717, 1.165) is 37.8 Å². The van der Waals surface area contributed by atoms with Crippen molar-refractivity contribution >= 4 is 6.29 Å². The van der Waals surface area contributed by atoms with E-state index in [9.17, 15) is 4.79 Å². The Kier molecular flexibility index (Phi) is 2.93. The van der Waals surface area contributed by atoms with E-state index in [4.69, 9.17) is 4.52 Å². The maximum Gasteiger partial charge on any atom is 0.137 e. The minimum absolute atomic E-state index is 0.0821. The van der Waals surface area contributed by atoms with Crippen LogP contribution in [0.25, 0.3) is 0 Å². The van der Waals surface area contributed by atoms with Crippen molar-refractivity contribution in [1.29, 1.82) is 0 Å². The molecule has 2 rings (SSSR count).